The Kier molecular flexibility index (Phi) is 8.76. The van der Waals surface area contributed by atoms with Gasteiger partial charge >= 0.3 is 24.5 Å². The lowest BCUT2D eigenvalue weighted by Gasteiger charge is -2.35. The lowest BCUT2D eigenvalue weighted by Crippen LogP contribution is -2.53. The van der Waals surface area contributed by atoms with Gasteiger partial charge in [-0.05, 0) is 6.92 Å². The first kappa shape index (κ1) is 24.6. The van der Waals surface area contributed by atoms with Crippen LogP contribution in [-0.4, -0.2) is 129 Å². The fourth-order valence-electron chi connectivity index (χ4n) is 2.89. The van der Waals surface area contributed by atoms with Crippen molar-refractivity contribution in [1.82, 2.24) is 19.6 Å². The maximum atomic E-state index is 12.7. The minimum atomic E-state index is -4.88. The van der Waals surface area contributed by atoms with Crippen LogP contribution in [-0.2, 0) is 0 Å². The number of nitrogens with zero attached hydrogens (tertiary/aromatic N) is 4. The molecule has 1 fully saturated rings. The second kappa shape index (κ2) is 10.3. The predicted octanol–water partition coefficient (Wildman–Crippen LogP) is 0.554. The zero-order valence-corrected chi connectivity index (χ0v) is 15.7. The molecule has 1 heterocycles. The molecule has 168 valence electrons. The predicted molar refractivity (Wildman–Crippen MR) is 91.9 cm³/mol. The van der Waals surface area contributed by atoms with E-state index in [4.69, 9.17) is 0 Å². The van der Waals surface area contributed by atoms with E-state index < -0.39 is 43.1 Å². The van der Waals surface area contributed by atoms with Gasteiger partial charge in [-0.1, -0.05) is 0 Å². The molecule has 0 aromatic heterocycles. The molecule has 0 spiro atoms. The number of carboxylic acid groups (broad SMARTS) is 3. The molecular weight excluding hydrogens is 405 g/mol. The Morgan fingerprint density at radius 2 is 1.38 bits per heavy atom. The van der Waals surface area contributed by atoms with Gasteiger partial charge in [0.15, 0.2) is 6.10 Å². The molecule has 11 nitrogen and oxygen atoms in total. The lowest BCUT2D eigenvalue weighted by atomic mass is 10.2. The summed E-state index contributed by atoms with van der Waals surface area (Å²) in [6, 6.07) is -0.823. The molecule has 1 aliphatic heterocycles. The van der Waals surface area contributed by atoms with Gasteiger partial charge in [-0.3, -0.25) is 4.90 Å². The first-order chi connectivity index (χ1) is 13.3. The lowest BCUT2D eigenvalue weighted by molar-refractivity contribution is -0.208. The molecule has 29 heavy (non-hydrogen) atoms. The number of alkyl halides is 3. The molecule has 3 amide bonds. The summed E-state index contributed by atoms with van der Waals surface area (Å²) in [4.78, 5) is 38.1. The number of amides is 3. The van der Waals surface area contributed by atoms with Gasteiger partial charge in [-0.2, -0.15) is 13.2 Å². The molecule has 2 unspecified atom stereocenters. The van der Waals surface area contributed by atoms with Crippen molar-refractivity contribution in [1.29, 1.82) is 0 Å². The monoisotopic (exact) mass is 430 g/mol. The number of rotatable bonds is 2. The number of hydrogen-bond donors (Lipinski definition) is 4. The third kappa shape index (κ3) is 7.81. The van der Waals surface area contributed by atoms with Crippen molar-refractivity contribution in [3.8, 4) is 0 Å². The average molecular weight is 430 g/mol. The Balaban J connectivity index is 3.06. The molecule has 0 aromatic carbocycles. The van der Waals surface area contributed by atoms with Crippen LogP contribution in [0.3, 0.4) is 0 Å². The van der Waals surface area contributed by atoms with E-state index in [1.807, 2.05) is 0 Å². The fraction of sp³-hybridized carbons (Fsp3) is 0.800. The second-order valence-corrected chi connectivity index (χ2v) is 6.68. The summed E-state index contributed by atoms with van der Waals surface area (Å²) in [6.07, 6.45) is -11.6. The van der Waals surface area contributed by atoms with E-state index in [2.05, 4.69) is 0 Å². The van der Waals surface area contributed by atoms with Crippen molar-refractivity contribution >= 4 is 18.3 Å². The van der Waals surface area contributed by atoms with Crippen LogP contribution in [0.15, 0.2) is 0 Å². The van der Waals surface area contributed by atoms with Gasteiger partial charge in [0, 0.05) is 58.4 Å². The van der Waals surface area contributed by atoms with Crippen molar-refractivity contribution in [3.63, 3.8) is 0 Å². The number of aliphatic hydroxyl groups is 1. The first-order valence-electron chi connectivity index (χ1n) is 8.75. The summed E-state index contributed by atoms with van der Waals surface area (Å²) in [5.41, 5.74) is 0. The van der Waals surface area contributed by atoms with Crippen LogP contribution in [0, 0.1) is 0 Å². The molecule has 4 N–H and O–H groups in total. The average Bonchev–Trinajstić information content (AvgIpc) is 2.57. The van der Waals surface area contributed by atoms with E-state index in [0.29, 0.717) is 0 Å². The van der Waals surface area contributed by atoms with Crippen molar-refractivity contribution in [3.05, 3.63) is 0 Å². The zero-order chi connectivity index (χ0) is 22.4. The number of hydrogen-bond acceptors (Lipinski definition) is 5. The molecular formula is C15H25F3N4O7. The molecule has 0 aliphatic carbocycles. The third-order valence-corrected chi connectivity index (χ3v) is 4.60. The van der Waals surface area contributed by atoms with E-state index in [1.54, 1.807) is 0 Å². The molecule has 1 rings (SSSR count). The van der Waals surface area contributed by atoms with Crippen LogP contribution < -0.4 is 0 Å². The van der Waals surface area contributed by atoms with E-state index in [1.165, 1.54) is 6.92 Å². The molecule has 0 aromatic rings. The molecule has 2 atom stereocenters. The number of halogens is 3. The second-order valence-electron chi connectivity index (χ2n) is 6.68. The van der Waals surface area contributed by atoms with Gasteiger partial charge < -0.3 is 35.1 Å². The van der Waals surface area contributed by atoms with Crippen LogP contribution in [0.5, 0.6) is 0 Å². The molecule has 0 radical (unpaired) electrons. The van der Waals surface area contributed by atoms with Gasteiger partial charge in [-0.25, -0.2) is 14.4 Å². The van der Waals surface area contributed by atoms with Gasteiger partial charge in [-0.15, -0.1) is 0 Å². The highest BCUT2D eigenvalue weighted by atomic mass is 19.4. The van der Waals surface area contributed by atoms with E-state index in [0.717, 1.165) is 19.6 Å². The van der Waals surface area contributed by atoms with Gasteiger partial charge in [0.05, 0.1) is 0 Å². The quantitative estimate of drug-likeness (QED) is 0.497. The standard InChI is InChI=1S/C15H25F3N4O7/c1-10-8-21(13(26)27)6-5-20(12(24)25)4-2-19(3-7-22(10)14(28)29)9-11(23)15(16,17)18/h10-11,23H,2-9H2,1H3,(H,24,25)(H,26,27)(H,28,29). The van der Waals surface area contributed by atoms with Gasteiger partial charge in [0.1, 0.15) is 0 Å². The maximum Gasteiger partial charge on any atom is 0.415 e. The molecule has 1 aliphatic rings. The van der Waals surface area contributed by atoms with Crippen LogP contribution in [0.1, 0.15) is 6.92 Å². The van der Waals surface area contributed by atoms with E-state index in [9.17, 15) is 48.0 Å². The normalized spacial score (nSPS) is 21.8. The molecule has 1 saturated heterocycles. The molecule has 0 bridgehead atoms. The van der Waals surface area contributed by atoms with Gasteiger partial charge in [0.2, 0.25) is 0 Å². The van der Waals surface area contributed by atoms with Gasteiger partial charge in [0.25, 0.3) is 0 Å². The number of aliphatic hydroxyl groups excluding tert-OH is 1. The minimum Gasteiger partial charge on any atom is -0.465 e. The Labute approximate surface area is 164 Å². The van der Waals surface area contributed by atoms with Crippen molar-refractivity contribution in [2.45, 2.75) is 25.2 Å². The van der Waals surface area contributed by atoms with E-state index in [-0.39, 0.29) is 45.8 Å². The first-order valence-corrected chi connectivity index (χ1v) is 8.75. The summed E-state index contributed by atoms with van der Waals surface area (Å²) in [7, 11) is 0. The van der Waals surface area contributed by atoms with Crippen LogP contribution in [0.4, 0.5) is 27.6 Å². The number of carbonyl (C=O) groups is 3. The Hall–Kier alpha value is -2.48. The van der Waals surface area contributed by atoms with Crippen LogP contribution in [0.25, 0.3) is 0 Å². The summed E-state index contributed by atoms with van der Waals surface area (Å²) in [5, 5.41) is 37.2. The molecule has 0 saturated carbocycles. The Bertz CT molecular complexity index is 593. The Morgan fingerprint density at radius 3 is 1.86 bits per heavy atom. The zero-order valence-electron chi connectivity index (χ0n) is 15.7. The van der Waals surface area contributed by atoms with Crippen molar-refractivity contribution in [2.24, 2.45) is 0 Å². The highest BCUT2D eigenvalue weighted by Crippen LogP contribution is 2.21. The van der Waals surface area contributed by atoms with Crippen LogP contribution in [0.2, 0.25) is 0 Å². The highest BCUT2D eigenvalue weighted by Gasteiger charge is 2.39. The van der Waals surface area contributed by atoms with E-state index >= 15 is 0 Å². The third-order valence-electron chi connectivity index (χ3n) is 4.60. The van der Waals surface area contributed by atoms with Crippen molar-refractivity contribution in [2.75, 3.05) is 52.4 Å². The summed E-state index contributed by atoms with van der Waals surface area (Å²) in [6.45, 7) is -1.00. The highest BCUT2D eigenvalue weighted by molar-refractivity contribution is 5.67. The topological polar surface area (TPSA) is 145 Å². The maximum absolute atomic E-state index is 12.7. The van der Waals surface area contributed by atoms with Crippen LogP contribution >= 0.6 is 0 Å². The SMILES string of the molecule is CC1CN(C(=O)O)CCN(C(=O)O)CCN(CC(O)C(F)(F)F)CCN1C(=O)O. The Morgan fingerprint density at radius 1 is 0.897 bits per heavy atom. The minimum absolute atomic E-state index is 0.200. The molecule has 14 heteroatoms. The van der Waals surface area contributed by atoms with Crippen molar-refractivity contribution < 1.29 is 48.0 Å². The summed E-state index contributed by atoms with van der Waals surface area (Å²) < 4.78 is 38.1. The smallest absolute Gasteiger partial charge is 0.415 e. The summed E-state index contributed by atoms with van der Waals surface area (Å²) >= 11 is 0. The number of β-amino-alcohol motifs (C(OH)–C–C–N with tert-alkyl or cyclic N) is 1. The summed E-state index contributed by atoms with van der Waals surface area (Å²) in [5.74, 6) is 0. The largest absolute Gasteiger partial charge is 0.465 e. The fourth-order valence-corrected chi connectivity index (χ4v) is 2.89.